The van der Waals surface area contributed by atoms with E-state index in [-0.39, 0.29) is 0 Å². The molecule has 0 unspecified atom stereocenters. The summed E-state index contributed by atoms with van der Waals surface area (Å²) in [6.45, 7) is 4.78. The molecule has 0 spiro atoms. The van der Waals surface area contributed by atoms with Crippen LogP contribution in [0.5, 0.6) is 0 Å². The van der Waals surface area contributed by atoms with E-state index in [4.69, 9.17) is 0 Å². The van der Waals surface area contributed by atoms with Gasteiger partial charge in [-0.2, -0.15) is 0 Å². The summed E-state index contributed by atoms with van der Waals surface area (Å²) in [6.07, 6.45) is 5.89. The number of hydrogen-bond acceptors (Lipinski definition) is 4. The first-order chi connectivity index (χ1) is 15.2. The van der Waals surface area contributed by atoms with E-state index < -0.39 is 0 Å². The number of nitrogens with zero attached hydrogens (tertiary/aromatic N) is 4. The Morgan fingerprint density at radius 3 is 2.65 bits per heavy atom. The maximum atomic E-state index is 4.56. The van der Waals surface area contributed by atoms with Crippen LogP contribution in [0.4, 0.5) is 5.82 Å². The predicted molar refractivity (Wildman–Crippen MR) is 127 cm³/mol. The monoisotopic (exact) mass is 414 g/mol. The zero-order chi connectivity index (χ0) is 21.5. The first-order valence-electron chi connectivity index (χ1n) is 10.9. The summed E-state index contributed by atoms with van der Waals surface area (Å²) in [7, 11) is 1.82. The fourth-order valence-electron chi connectivity index (χ4n) is 3.85. The molecule has 2 aromatic heterocycles. The highest BCUT2D eigenvalue weighted by Gasteiger charge is 2.20. The quantitative estimate of drug-likeness (QED) is 0.491. The minimum absolute atomic E-state index is 0.410. The van der Waals surface area contributed by atoms with E-state index in [1.54, 1.807) is 0 Å². The highest BCUT2D eigenvalue weighted by molar-refractivity contribution is 5.80. The van der Waals surface area contributed by atoms with E-state index in [0.717, 1.165) is 49.0 Å². The van der Waals surface area contributed by atoms with Gasteiger partial charge in [0.05, 0.1) is 5.69 Å². The number of piperidine rings is 1. The molecule has 1 aliphatic rings. The van der Waals surface area contributed by atoms with Crippen molar-refractivity contribution in [1.29, 1.82) is 0 Å². The van der Waals surface area contributed by atoms with Crippen molar-refractivity contribution in [3.63, 3.8) is 0 Å². The van der Waals surface area contributed by atoms with Crippen LogP contribution >= 0.6 is 0 Å². The molecule has 6 heteroatoms. The molecule has 2 N–H and O–H groups in total. The van der Waals surface area contributed by atoms with E-state index in [1.165, 1.54) is 11.1 Å². The van der Waals surface area contributed by atoms with Gasteiger partial charge < -0.3 is 15.5 Å². The lowest BCUT2D eigenvalue weighted by atomic mass is 10.1. The Morgan fingerprint density at radius 2 is 1.94 bits per heavy atom. The SMILES string of the molecule is CN=C(NCc1cccc(-c2ccccn2)c1)NC1CCN(c2ccc(C)cn2)CC1. The van der Waals surface area contributed by atoms with Crippen molar-refractivity contribution in [1.82, 2.24) is 20.6 Å². The molecule has 0 atom stereocenters. The lowest BCUT2D eigenvalue weighted by molar-refractivity contribution is 0.459. The Labute approximate surface area is 184 Å². The smallest absolute Gasteiger partial charge is 0.191 e. The van der Waals surface area contributed by atoms with Crippen LogP contribution in [0.1, 0.15) is 24.0 Å². The molecule has 1 saturated heterocycles. The van der Waals surface area contributed by atoms with Crippen molar-refractivity contribution in [2.75, 3.05) is 25.0 Å². The Balaban J connectivity index is 1.28. The zero-order valence-corrected chi connectivity index (χ0v) is 18.3. The molecule has 4 rings (SSSR count). The molecule has 0 aliphatic carbocycles. The van der Waals surface area contributed by atoms with E-state index in [0.29, 0.717) is 12.6 Å². The lowest BCUT2D eigenvalue weighted by Crippen LogP contribution is -2.48. The van der Waals surface area contributed by atoms with Crippen LogP contribution in [-0.2, 0) is 6.54 Å². The Hall–Kier alpha value is -3.41. The van der Waals surface area contributed by atoms with Crippen LogP contribution in [0.25, 0.3) is 11.3 Å². The summed E-state index contributed by atoms with van der Waals surface area (Å²) in [5.41, 5.74) is 4.51. The highest BCUT2D eigenvalue weighted by atomic mass is 15.2. The normalized spacial score (nSPS) is 15.0. The zero-order valence-electron chi connectivity index (χ0n) is 18.3. The van der Waals surface area contributed by atoms with Gasteiger partial charge in [0, 0.05) is 50.7 Å². The second kappa shape index (κ2) is 10.1. The number of benzene rings is 1. The molecule has 1 fully saturated rings. The maximum absolute atomic E-state index is 4.56. The maximum Gasteiger partial charge on any atom is 0.191 e. The fraction of sp³-hybridized carbons (Fsp3) is 0.320. The van der Waals surface area contributed by atoms with Crippen molar-refractivity contribution in [3.8, 4) is 11.3 Å². The van der Waals surface area contributed by atoms with Gasteiger partial charge in [0.2, 0.25) is 0 Å². The van der Waals surface area contributed by atoms with E-state index in [2.05, 4.69) is 73.8 Å². The van der Waals surface area contributed by atoms with Crippen LogP contribution in [0.15, 0.2) is 72.0 Å². The van der Waals surface area contributed by atoms with Crippen LogP contribution in [0.3, 0.4) is 0 Å². The minimum atomic E-state index is 0.410. The number of aliphatic imine (C=N–C) groups is 1. The predicted octanol–water partition coefficient (Wildman–Crippen LogP) is 3.79. The molecular weight excluding hydrogens is 384 g/mol. The molecule has 1 aliphatic heterocycles. The molecule has 0 bridgehead atoms. The summed E-state index contributed by atoms with van der Waals surface area (Å²) in [5, 5.41) is 7.04. The van der Waals surface area contributed by atoms with Crippen molar-refractivity contribution in [3.05, 3.63) is 78.1 Å². The van der Waals surface area contributed by atoms with E-state index in [9.17, 15) is 0 Å². The number of nitrogens with one attached hydrogen (secondary N) is 2. The summed E-state index contributed by atoms with van der Waals surface area (Å²) in [5.74, 6) is 1.91. The average molecular weight is 415 g/mol. The Kier molecular flexibility index (Phi) is 6.77. The third kappa shape index (κ3) is 5.60. The Bertz CT molecular complexity index is 992. The fourth-order valence-corrected chi connectivity index (χ4v) is 3.85. The Morgan fingerprint density at radius 1 is 1.06 bits per heavy atom. The number of aromatic nitrogens is 2. The lowest BCUT2D eigenvalue weighted by Gasteiger charge is -2.33. The van der Waals surface area contributed by atoms with Gasteiger partial charge in [-0.05, 0) is 55.2 Å². The second-order valence-electron chi connectivity index (χ2n) is 7.94. The summed E-state index contributed by atoms with van der Waals surface area (Å²) >= 11 is 0. The van der Waals surface area contributed by atoms with E-state index >= 15 is 0 Å². The number of aryl methyl sites for hydroxylation is 1. The van der Waals surface area contributed by atoms with Crippen molar-refractivity contribution in [2.45, 2.75) is 32.4 Å². The van der Waals surface area contributed by atoms with Crippen LogP contribution < -0.4 is 15.5 Å². The minimum Gasteiger partial charge on any atom is -0.356 e. The molecule has 160 valence electrons. The molecule has 3 heterocycles. The third-order valence-corrected chi connectivity index (χ3v) is 5.63. The highest BCUT2D eigenvalue weighted by Crippen LogP contribution is 2.19. The molecular formula is C25H30N6. The number of hydrogen-bond donors (Lipinski definition) is 2. The van der Waals surface area contributed by atoms with Crippen molar-refractivity contribution in [2.24, 2.45) is 4.99 Å². The first kappa shape index (κ1) is 20.8. The average Bonchev–Trinajstić information content (AvgIpc) is 2.83. The van der Waals surface area contributed by atoms with Gasteiger partial charge in [-0.15, -0.1) is 0 Å². The molecule has 0 amide bonds. The number of guanidine groups is 1. The van der Waals surface area contributed by atoms with Crippen LogP contribution in [-0.4, -0.2) is 42.1 Å². The summed E-state index contributed by atoms with van der Waals surface area (Å²) in [4.78, 5) is 15.8. The van der Waals surface area contributed by atoms with Crippen molar-refractivity contribution < 1.29 is 0 Å². The summed E-state index contributed by atoms with van der Waals surface area (Å²) in [6, 6.07) is 19.1. The largest absolute Gasteiger partial charge is 0.356 e. The van der Waals surface area contributed by atoms with Gasteiger partial charge in [0.15, 0.2) is 5.96 Å². The van der Waals surface area contributed by atoms with Crippen molar-refractivity contribution >= 4 is 11.8 Å². The topological polar surface area (TPSA) is 65.4 Å². The number of anilines is 1. The molecule has 3 aromatic rings. The first-order valence-corrected chi connectivity index (χ1v) is 10.9. The molecule has 0 radical (unpaired) electrons. The molecule has 0 saturated carbocycles. The number of pyridine rings is 2. The second-order valence-corrected chi connectivity index (χ2v) is 7.94. The van der Waals surface area contributed by atoms with E-state index in [1.807, 2.05) is 37.6 Å². The summed E-state index contributed by atoms with van der Waals surface area (Å²) < 4.78 is 0. The van der Waals surface area contributed by atoms with Gasteiger partial charge in [-0.1, -0.05) is 30.3 Å². The van der Waals surface area contributed by atoms with Gasteiger partial charge >= 0.3 is 0 Å². The molecule has 6 nitrogen and oxygen atoms in total. The van der Waals surface area contributed by atoms with Gasteiger partial charge in [-0.25, -0.2) is 4.98 Å². The van der Waals surface area contributed by atoms with Gasteiger partial charge in [-0.3, -0.25) is 9.98 Å². The third-order valence-electron chi connectivity index (χ3n) is 5.63. The van der Waals surface area contributed by atoms with Crippen LogP contribution in [0.2, 0.25) is 0 Å². The number of rotatable bonds is 5. The van der Waals surface area contributed by atoms with Gasteiger partial charge in [0.25, 0.3) is 0 Å². The standard InChI is InChI=1S/C25H30N6/c1-19-9-10-24(28-17-19)31-14-11-22(12-15-31)30-25(26-2)29-18-20-6-5-7-21(16-20)23-8-3-4-13-27-23/h3-10,13,16-17,22H,11-12,14-15,18H2,1-2H3,(H2,26,29,30). The van der Waals surface area contributed by atoms with Crippen LogP contribution in [0, 0.1) is 6.92 Å². The molecule has 31 heavy (non-hydrogen) atoms. The molecule has 1 aromatic carbocycles. The van der Waals surface area contributed by atoms with Gasteiger partial charge in [0.1, 0.15) is 5.82 Å².